The molecule has 7 saturated carbocycles. The normalized spacial score (nSPS) is 26.9. The van der Waals surface area contributed by atoms with Gasteiger partial charge in [-0.25, -0.2) is 18.4 Å². The first kappa shape index (κ1) is 107. The summed E-state index contributed by atoms with van der Waals surface area (Å²) in [5.41, 5.74) is 6.83. The molecule has 0 aromatic heterocycles. The zero-order valence-electron chi connectivity index (χ0n) is 84.9. The molecular formula is C119H188F2O8. The molecular weight excluding hydrogens is 1600 g/mol. The number of esters is 3. The second kappa shape index (κ2) is 58.0. The second-order valence-electron chi connectivity index (χ2n) is 43.8. The van der Waals surface area contributed by atoms with Crippen molar-refractivity contribution in [2.45, 2.75) is 474 Å². The molecule has 12 rings (SSSR count). The fourth-order valence-electron chi connectivity index (χ4n) is 25.4. The van der Waals surface area contributed by atoms with Crippen LogP contribution in [-0.2, 0) is 20.7 Å². The highest BCUT2D eigenvalue weighted by Crippen LogP contribution is 2.65. The number of carbonyl (C=O) groups excluding carboxylic acids is 3. The molecule has 0 radical (unpaired) electrons. The van der Waals surface area contributed by atoms with E-state index in [1.54, 1.807) is 71.8 Å². The smallest absolute Gasteiger partial charge is 0.343 e. The van der Waals surface area contributed by atoms with Gasteiger partial charge in [-0.2, -0.15) is 0 Å². The molecule has 0 saturated heterocycles. The average molecular weight is 1780 g/mol. The van der Waals surface area contributed by atoms with Crippen LogP contribution in [0.15, 0.2) is 96.6 Å². The number of rotatable bonds is 46. The maximum atomic E-state index is 14.8. The van der Waals surface area contributed by atoms with E-state index >= 15 is 0 Å². The summed E-state index contributed by atoms with van der Waals surface area (Å²) in [7, 11) is 0. The predicted molar refractivity (Wildman–Crippen MR) is 537 cm³/mol. The number of benzene rings is 4. The fraction of sp³-hybridized carbons (Fsp3) is 0.756. The van der Waals surface area contributed by atoms with E-state index in [-0.39, 0.29) is 41.9 Å². The highest BCUT2D eigenvalue weighted by Gasteiger charge is 2.57. The van der Waals surface area contributed by atoms with Gasteiger partial charge in [0.25, 0.3) is 0 Å². The van der Waals surface area contributed by atoms with Crippen molar-refractivity contribution in [1.82, 2.24) is 0 Å². The highest BCUT2D eigenvalue weighted by atomic mass is 19.1. The van der Waals surface area contributed by atoms with E-state index in [9.17, 15) is 23.2 Å². The molecule has 8 nitrogen and oxygen atoms in total. The van der Waals surface area contributed by atoms with Crippen LogP contribution in [0, 0.1) is 106 Å². The minimum absolute atomic E-state index is 0.0528. The highest BCUT2D eigenvalue weighted by molar-refractivity contribution is 5.92. The molecule has 726 valence electrons. The van der Waals surface area contributed by atoms with Crippen molar-refractivity contribution >= 4 is 17.9 Å². The lowest BCUT2D eigenvalue weighted by Gasteiger charge is -2.57. The Hall–Kier alpha value is -5.51. The first-order valence-electron chi connectivity index (χ1n) is 54.9. The lowest BCUT2D eigenvalue weighted by molar-refractivity contribution is -0.151. The number of hydrogen-bond donors (Lipinski definition) is 0. The van der Waals surface area contributed by atoms with Gasteiger partial charge in [-0.15, -0.1) is 0 Å². The molecule has 0 heterocycles. The Morgan fingerprint density at radius 1 is 0.481 bits per heavy atom. The maximum Gasteiger partial charge on any atom is 0.343 e. The molecule has 0 bridgehead atoms. The summed E-state index contributed by atoms with van der Waals surface area (Å²) in [5.74, 6) is 14.1. The summed E-state index contributed by atoms with van der Waals surface area (Å²) in [5, 5.41) is 0. The first-order chi connectivity index (χ1) is 62.5. The van der Waals surface area contributed by atoms with E-state index in [4.69, 9.17) is 23.7 Å². The van der Waals surface area contributed by atoms with Gasteiger partial charge in [-0.3, -0.25) is 4.79 Å². The number of fused-ring (bicyclic) bond motifs is 5. The lowest BCUT2D eigenvalue weighted by atomic mass is 9.48. The third-order valence-electron chi connectivity index (χ3n) is 33.5. The Morgan fingerprint density at radius 3 is 1.53 bits per heavy atom. The van der Waals surface area contributed by atoms with Crippen molar-refractivity contribution in [3.05, 3.63) is 136 Å². The van der Waals surface area contributed by atoms with E-state index in [0.29, 0.717) is 35.3 Å². The number of unbranched alkanes of at least 4 members (excludes halogenated alkanes) is 14. The lowest BCUT2D eigenvalue weighted by Crippen LogP contribution is -2.50. The number of hydrogen-bond acceptors (Lipinski definition) is 8. The molecule has 0 spiro atoms. The zero-order chi connectivity index (χ0) is 92.5. The summed E-state index contributed by atoms with van der Waals surface area (Å²) in [6, 6.07) is 26.2. The Balaban J connectivity index is 0.000000196. The van der Waals surface area contributed by atoms with Crippen LogP contribution in [0.2, 0.25) is 0 Å². The van der Waals surface area contributed by atoms with E-state index in [0.717, 1.165) is 189 Å². The SMILES string of the molecule is CCCC1CCC(C2CCC(c3ccc(CC(C)CC)cc3)CC2)CC1.CCCCCCC(C)Oc1c(F)cc(C2CCC(C3CCC(CCC)CC3)CC2)cc1F.CCCCCCCCC(=O)O[C@H]1CC[C@@]2(C)C(=CC[C@H]3[C@@H]4CC[C@H](C(C)CCCC(C)C)C4[C@H](C)C[C@@H]32)C1.CCCCCCOc1ccc(C(=O)Oc2ccc(C(=O)OC(C)CCCCCC)cc2)cc1. The van der Waals surface area contributed by atoms with Crippen LogP contribution in [0.25, 0.3) is 0 Å². The van der Waals surface area contributed by atoms with Crippen LogP contribution >= 0.6 is 0 Å². The van der Waals surface area contributed by atoms with Crippen LogP contribution in [0.4, 0.5) is 8.78 Å². The molecule has 129 heavy (non-hydrogen) atoms. The summed E-state index contributed by atoms with van der Waals surface area (Å²) in [4.78, 5) is 37.3. The largest absolute Gasteiger partial charge is 0.494 e. The van der Waals surface area contributed by atoms with Gasteiger partial charge in [0.2, 0.25) is 0 Å². The maximum absolute atomic E-state index is 14.8. The standard InChI is InChI=1S/C36H62O2.C29H46F2O.C28H38O5.C26H42/c1-7-8-9-10-11-12-16-34(37)38-29-21-22-36(6)28(24-29)17-18-31-32-20-19-30(26(4)15-13-14-25(2)3)35(32)27(5)23-33(31)36;1-4-6-7-8-10-21(3)32-29-27(30)19-26(20-28(29)31)25-17-15-24(16-18-25)23-13-11-22(9-5-2)12-14-23;1-4-6-8-10-12-22(3)32-27(29)23-15-19-26(20-16-23)33-28(30)24-13-17-25(18-14-24)31-21-11-9-7-5-2;1-4-6-21-7-11-23(12-8-21)25-15-17-26(18-16-25)24-13-9-22(10-14-24)19-20(3)5-2/h17,25-27,29-33,35H,7-16,18-24H2,1-6H3;19-25H,4-18H2,1-3H3;13-20,22H,4-12,21H2,1-3H3;9-10,13-14,20-21,23,25-26H,4-8,11-12,15-19H2,1-3H3/t26?,27-,29+,30-,31+,32+,33+,35?,36+;;;/m1.../s1. The van der Waals surface area contributed by atoms with Crippen molar-refractivity contribution in [3.8, 4) is 17.2 Å². The third kappa shape index (κ3) is 35.0. The predicted octanol–water partition coefficient (Wildman–Crippen LogP) is 35.7. The monoisotopic (exact) mass is 1780 g/mol. The van der Waals surface area contributed by atoms with Gasteiger partial charge in [0.05, 0.1) is 29.9 Å². The molecule has 5 unspecified atom stereocenters. The van der Waals surface area contributed by atoms with Gasteiger partial charge < -0.3 is 23.7 Å². The number of ether oxygens (including phenoxy) is 5. The molecule has 7 fully saturated rings. The van der Waals surface area contributed by atoms with Crippen LogP contribution in [0.5, 0.6) is 17.2 Å². The van der Waals surface area contributed by atoms with Crippen molar-refractivity contribution in [2.75, 3.05) is 6.61 Å². The van der Waals surface area contributed by atoms with Gasteiger partial charge in [0, 0.05) is 12.8 Å². The van der Waals surface area contributed by atoms with Gasteiger partial charge in [0.1, 0.15) is 17.6 Å². The fourth-order valence-corrected chi connectivity index (χ4v) is 25.4. The average Bonchev–Trinajstić information content (AvgIpc) is 1.68. The van der Waals surface area contributed by atoms with Crippen LogP contribution in [-0.4, -0.2) is 42.8 Å². The Morgan fingerprint density at radius 2 is 0.984 bits per heavy atom. The number of carbonyl (C=O) groups is 3. The minimum atomic E-state index is -0.531. The summed E-state index contributed by atoms with van der Waals surface area (Å²) in [6.45, 7) is 35.1. The second-order valence-corrected chi connectivity index (χ2v) is 43.8. The van der Waals surface area contributed by atoms with Gasteiger partial charge in [0.15, 0.2) is 17.4 Å². The molecule has 8 aliphatic rings. The van der Waals surface area contributed by atoms with E-state index < -0.39 is 17.6 Å². The van der Waals surface area contributed by atoms with Crippen molar-refractivity contribution in [2.24, 2.45) is 94.2 Å². The summed E-state index contributed by atoms with van der Waals surface area (Å²) in [6.07, 6.45) is 69.3. The Bertz CT molecular complexity index is 3730. The molecule has 0 aliphatic heterocycles. The molecule has 4 aromatic carbocycles. The van der Waals surface area contributed by atoms with E-state index in [1.165, 1.54) is 256 Å². The number of halogens is 2. The van der Waals surface area contributed by atoms with E-state index in [2.05, 4.69) is 120 Å². The third-order valence-corrected chi connectivity index (χ3v) is 33.5. The molecule has 12 atom stereocenters. The zero-order valence-corrected chi connectivity index (χ0v) is 84.9. The molecule has 10 heteroatoms. The van der Waals surface area contributed by atoms with Crippen molar-refractivity contribution in [3.63, 3.8) is 0 Å². The van der Waals surface area contributed by atoms with Gasteiger partial charge in [-0.05, 0) is 358 Å². The molecule has 8 aliphatic carbocycles. The van der Waals surface area contributed by atoms with Crippen LogP contribution < -0.4 is 14.2 Å². The number of allylic oxidation sites excluding steroid dienone is 1. The summed E-state index contributed by atoms with van der Waals surface area (Å²) < 4.78 is 57.9. The van der Waals surface area contributed by atoms with Crippen molar-refractivity contribution in [1.29, 1.82) is 0 Å². The Labute approximate surface area is 788 Å². The van der Waals surface area contributed by atoms with Crippen molar-refractivity contribution < 1.29 is 46.8 Å². The van der Waals surface area contributed by atoms with Crippen LogP contribution in [0.1, 0.15) is 487 Å². The molecule has 0 amide bonds. The minimum Gasteiger partial charge on any atom is -0.494 e. The molecule has 0 N–H and O–H groups in total. The quantitative estimate of drug-likeness (QED) is 0.0187. The van der Waals surface area contributed by atoms with Gasteiger partial charge in [-0.1, -0.05) is 293 Å². The van der Waals surface area contributed by atoms with E-state index in [1.807, 2.05) is 13.8 Å². The molecule has 4 aromatic rings. The van der Waals surface area contributed by atoms with Gasteiger partial charge >= 0.3 is 17.9 Å². The summed E-state index contributed by atoms with van der Waals surface area (Å²) >= 11 is 0. The topological polar surface area (TPSA) is 97.4 Å². The Kier molecular flexibility index (Phi) is 48.2. The first-order valence-corrected chi connectivity index (χ1v) is 54.9. The van der Waals surface area contributed by atoms with Crippen LogP contribution in [0.3, 0.4) is 0 Å².